The van der Waals surface area contributed by atoms with Gasteiger partial charge in [-0.15, -0.1) is 0 Å². The number of carbonyl (C=O) groups excluding carboxylic acids is 1. The predicted octanol–water partition coefficient (Wildman–Crippen LogP) is 4.64. The quantitative estimate of drug-likeness (QED) is 0.755. The molecule has 0 N–H and O–H groups in total. The fourth-order valence-electron chi connectivity index (χ4n) is 1.64. The molecule has 0 saturated heterocycles. The van der Waals surface area contributed by atoms with Crippen LogP contribution in [0.5, 0.6) is 0 Å². The van der Waals surface area contributed by atoms with E-state index in [0.717, 1.165) is 18.5 Å². The average molecular weight is 320 g/mol. The summed E-state index contributed by atoms with van der Waals surface area (Å²) in [6, 6.07) is 4.70. The normalized spacial score (nSPS) is 11.4. The van der Waals surface area contributed by atoms with E-state index in [1.807, 2.05) is 0 Å². The molecule has 0 aliphatic rings. The average Bonchev–Trinajstić information content (AvgIpc) is 2.37. The van der Waals surface area contributed by atoms with E-state index >= 15 is 0 Å². The molecule has 0 aliphatic heterocycles. The van der Waals surface area contributed by atoms with Crippen LogP contribution < -0.4 is 0 Å². The standard InChI is InChI=1S/C13H6Cl2F3NO/c14-7-1-2-8(11(15)5-7)12(20)9-6-19-4-3-10(9)13(16,17)18/h1-6H. The molecule has 0 radical (unpaired) electrons. The van der Waals surface area contributed by atoms with Gasteiger partial charge in [0.15, 0.2) is 5.78 Å². The van der Waals surface area contributed by atoms with Crippen molar-refractivity contribution in [2.24, 2.45) is 0 Å². The molecule has 0 aliphatic carbocycles. The maximum Gasteiger partial charge on any atom is 0.417 e. The highest BCUT2D eigenvalue weighted by molar-refractivity contribution is 6.37. The van der Waals surface area contributed by atoms with Crippen LogP contribution in [0.25, 0.3) is 0 Å². The number of hydrogen-bond donors (Lipinski definition) is 0. The zero-order chi connectivity index (χ0) is 14.9. The molecule has 0 spiro atoms. The number of benzene rings is 1. The molecule has 0 atom stereocenters. The van der Waals surface area contributed by atoms with Crippen molar-refractivity contribution in [1.29, 1.82) is 0 Å². The molecule has 0 unspecified atom stereocenters. The van der Waals surface area contributed by atoms with Crippen LogP contribution in [0.3, 0.4) is 0 Å². The first-order chi connectivity index (χ1) is 9.30. The van der Waals surface area contributed by atoms with Crippen molar-refractivity contribution in [3.8, 4) is 0 Å². The molecule has 1 aromatic carbocycles. The smallest absolute Gasteiger partial charge is 0.288 e. The van der Waals surface area contributed by atoms with Crippen molar-refractivity contribution >= 4 is 29.0 Å². The second-order valence-electron chi connectivity index (χ2n) is 3.87. The number of nitrogens with zero attached hydrogens (tertiary/aromatic N) is 1. The molecule has 7 heteroatoms. The molecule has 2 nitrogen and oxygen atoms in total. The van der Waals surface area contributed by atoms with Gasteiger partial charge in [-0.2, -0.15) is 13.2 Å². The van der Waals surface area contributed by atoms with Crippen LogP contribution in [0.2, 0.25) is 10.0 Å². The topological polar surface area (TPSA) is 30.0 Å². The number of pyridine rings is 1. The highest BCUT2D eigenvalue weighted by atomic mass is 35.5. The summed E-state index contributed by atoms with van der Waals surface area (Å²) < 4.78 is 38.6. The molecule has 0 amide bonds. The van der Waals surface area contributed by atoms with Crippen molar-refractivity contribution in [3.05, 3.63) is 63.4 Å². The molecular formula is C13H6Cl2F3NO. The highest BCUT2D eigenvalue weighted by Crippen LogP contribution is 2.33. The predicted molar refractivity (Wildman–Crippen MR) is 69.1 cm³/mol. The van der Waals surface area contributed by atoms with Gasteiger partial charge in [-0.1, -0.05) is 23.2 Å². The van der Waals surface area contributed by atoms with Crippen molar-refractivity contribution < 1.29 is 18.0 Å². The summed E-state index contributed by atoms with van der Waals surface area (Å²) >= 11 is 11.5. The van der Waals surface area contributed by atoms with E-state index in [9.17, 15) is 18.0 Å². The van der Waals surface area contributed by atoms with Crippen LogP contribution in [0.1, 0.15) is 21.5 Å². The molecule has 0 bridgehead atoms. The van der Waals surface area contributed by atoms with Gasteiger partial charge in [0.05, 0.1) is 16.1 Å². The lowest BCUT2D eigenvalue weighted by Gasteiger charge is -2.11. The minimum Gasteiger partial charge on any atom is -0.288 e. The van der Waals surface area contributed by atoms with Crippen LogP contribution in [-0.2, 0) is 6.18 Å². The molecular weight excluding hydrogens is 314 g/mol. The third-order valence-corrected chi connectivity index (χ3v) is 3.09. The van der Waals surface area contributed by atoms with E-state index in [1.54, 1.807) is 0 Å². The third-order valence-electron chi connectivity index (χ3n) is 2.55. The van der Waals surface area contributed by atoms with E-state index < -0.39 is 23.1 Å². The summed E-state index contributed by atoms with van der Waals surface area (Å²) in [5, 5.41) is 0.272. The van der Waals surface area contributed by atoms with Gasteiger partial charge in [-0.3, -0.25) is 9.78 Å². The Morgan fingerprint density at radius 1 is 1.10 bits per heavy atom. The minimum atomic E-state index is -4.65. The van der Waals surface area contributed by atoms with Crippen molar-refractivity contribution in [2.45, 2.75) is 6.18 Å². The fourth-order valence-corrected chi connectivity index (χ4v) is 2.14. The van der Waals surface area contributed by atoms with Crippen LogP contribution in [-0.4, -0.2) is 10.8 Å². The SMILES string of the molecule is O=C(c1ccc(Cl)cc1Cl)c1cnccc1C(F)(F)F. The lowest BCUT2D eigenvalue weighted by molar-refractivity contribution is -0.137. The Hall–Kier alpha value is -1.59. The van der Waals surface area contributed by atoms with Gasteiger partial charge in [0.25, 0.3) is 0 Å². The van der Waals surface area contributed by atoms with Crippen LogP contribution in [0, 0.1) is 0 Å². The van der Waals surface area contributed by atoms with Crippen LogP contribution in [0.4, 0.5) is 13.2 Å². The molecule has 2 aromatic rings. The summed E-state index contributed by atoms with van der Waals surface area (Å²) in [4.78, 5) is 15.7. The number of carbonyl (C=O) groups is 1. The summed E-state index contributed by atoms with van der Waals surface area (Å²) in [6.07, 6.45) is -2.80. The Morgan fingerprint density at radius 3 is 2.40 bits per heavy atom. The Balaban J connectivity index is 2.55. The lowest BCUT2D eigenvalue weighted by atomic mass is 10.00. The Kier molecular flexibility index (Phi) is 4.01. The summed E-state index contributed by atoms with van der Waals surface area (Å²) in [7, 11) is 0. The van der Waals surface area contributed by atoms with Gasteiger partial charge in [0, 0.05) is 23.0 Å². The second-order valence-corrected chi connectivity index (χ2v) is 4.72. The van der Waals surface area contributed by atoms with Crippen molar-refractivity contribution in [1.82, 2.24) is 4.98 Å². The molecule has 0 fully saturated rings. The van der Waals surface area contributed by atoms with E-state index in [-0.39, 0.29) is 15.6 Å². The number of alkyl halides is 3. The molecule has 0 saturated carbocycles. The number of halogens is 5. The molecule has 104 valence electrons. The molecule has 2 rings (SSSR count). The van der Waals surface area contributed by atoms with Gasteiger partial charge in [0.2, 0.25) is 0 Å². The maximum atomic E-state index is 12.9. The number of hydrogen-bond acceptors (Lipinski definition) is 2. The van der Waals surface area contributed by atoms with Gasteiger partial charge in [0.1, 0.15) is 0 Å². The Morgan fingerprint density at radius 2 is 1.80 bits per heavy atom. The Labute approximate surface area is 122 Å². The van der Waals surface area contributed by atoms with Crippen molar-refractivity contribution in [2.75, 3.05) is 0 Å². The lowest BCUT2D eigenvalue weighted by Crippen LogP contribution is -2.14. The van der Waals surface area contributed by atoms with Gasteiger partial charge >= 0.3 is 6.18 Å². The van der Waals surface area contributed by atoms with E-state index in [4.69, 9.17) is 23.2 Å². The second kappa shape index (κ2) is 5.42. The molecule has 20 heavy (non-hydrogen) atoms. The largest absolute Gasteiger partial charge is 0.417 e. The monoisotopic (exact) mass is 319 g/mol. The molecule has 1 aromatic heterocycles. The summed E-state index contributed by atoms with van der Waals surface area (Å²) in [6.45, 7) is 0. The zero-order valence-electron chi connectivity index (χ0n) is 9.71. The molecule has 1 heterocycles. The minimum absolute atomic E-state index is 0.0144. The fraction of sp³-hybridized carbons (Fsp3) is 0.0769. The van der Waals surface area contributed by atoms with E-state index in [0.29, 0.717) is 0 Å². The van der Waals surface area contributed by atoms with Crippen LogP contribution >= 0.6 is 23.2 Å². The van der Waals surface area contributed by atoms with E-state index in [1.165, 1.54) is 18.2 Å². The number of rotatable bonds is 2. The zero-order valence-corrected chi connectivity index (χ0v) is 11.2. The van der Waals surface area contributed by atoms with Gasteiger partial charge in [-0.05, 0) is 24.3 Å². The first-order valence-corrected chi connectivity index (χ1v) is 6.07. The van der Waals surface area contributed by atoms with Gasteiger partial charge in [-0.25, -0.2) is 0 Å². The van der Waals surface area contributed by atoms with E-state index in [2.05, 4.69) is 4.98 Å². The summed E-state index contributed by atoms with van der Waals surface area (Å²) in [5.41, 5.74) is -1.66. The summed E-state index contributed by atoms with van der Waals surface area (Å²) in [5.74, 6) is -0.855. The third kappa shape index (κ3) is 2.94. The maximum absolute atomic E-state index is 12.9. The Bertz CT molecular complexity index is 671. The first kappa shape index (κ1) is 14.8. The first-order valence-electron chi connectivity index (χ1n) is 5.31. The highest BCUT2D eigenvalue weighted by Gasteiger charge is 2.35. The van der Waals surface area contributed by atoms with Gasteiger partial charge < -0.3 is 0 Å². The number of aromatic nitrogens is 1. The van der Waals surface area contributed by atoms with Crippen LogP contribution in [0.15, 0.2) is 36.7 Å². The van der Waals surface area contributed by atoms with Crippen molar-refractivity contribution in [3.63, 3.8) is 0 Å². The number of ketones is 1.